The van der Waals surface area contributed by atoms with Gasteiger partial charge in [0.1, 0.15) is 77.0 Å². The number of rotatable bonds is 7. The smallest absolute Gasteiger partial charge is 0.239 e. The Kier molecular flexibility index (Phi) is 8.77. The number of phenols is 2. The Morgan fingerprint density at radius 2 is 1.23 bits per heavy atom. The first-order chi connectivity index (χ1) is 20.4. The van der Waals surface area contributed by atoms with Gasteiger partial charge in [0.2, 0.25) is 23.8 Å². The summed E-state index contributed by atoms with van der Waals surface area (Å²) in [7, 11) is 0. The molecular formula is C27H30O16. The topological polar surface area (TPSA) is 269 Å². The van der Waals surface area contributed by atoms with Gasteiger partial charge in [0.25, 0.3) is 0 Å². The minimum Gasteiger partial charge on any atom is -0.508 e. The number of aliphatic hydroxyl groups excluding tert-OH is 8. The highest BCUT2D eigenvalue weighted by Gasteiger charge is 2.46. The quantitative estimate of drug-likeness (QED) is 0.130. The predicted octanol–water partition coefficient (Wildman–Crippen LogP) is -2.77. The number of aromatic hydroxyl groups is 2. The summed E-state index contributed by atoms with van der Waals surface area (Å²) in [5.74, 6) is -1.96. The van der Waals surface area contributed by atoms with Crippen LogP contribution in [0.15, 0.2) is 45.6 Å². The summed E-state index contributed by atoms with van der Waals surface area (Å²) in [4.78, 5) is 13.7. The lowest BCUT2D eigenvalue weighted by Gasteiger charge is -2.39. The van der Waals surface area contributed by atoms with E-state index in [4.69, 9.17) is 23.4 Å². The van der Waals surface area contributed by atoms with E-state index in [0.29, 0.717) is 0 Å². The molecular weight excluding hydrogens is 580 g/mol. The van der Waals surface area contributed by atoms with Crippen LogP contribution in [-0.2, 0) is 9.47 Å². The van der Waals surface area contributed by atoms with Gasteiger partial charge >= 0.3 is 0 Å². The molecule has 2 fully saturated rings. The van der Waals surface area contributed by atoms with E-state index in [1.165, 1.54) is 24.3 Å². The van der Waals surface area contributed by atoms with Crippen LogP contribution in [0.4, 0.5) is 0 Å². The van der Waals surface area contributed by atoms with Crippen LogP contribution in [0.25, 0.3) is 22.3 Å². The molecule has 3 aromatic rings. The zero-order valence-corrected chi connectivity index (χ0v) is 22.1. The van der Waals surface area contributed by atoms with Crippen LogP contribution in [0, 0.1) is 0 Å². The lowest BCUT2D eigenvalue weighted by molar-refractivity contribution is -0.277. The molecule has 0 aliphatic carbocycles. The molecule has 2 aromatic carbocycles. The first kappa shape index (κ1) is 30.9. The van der Waals surface area contributed by atoms with E-state index >= 15 is 0 Å². The van der Waals surface area contributed by atoms with E-state index in [1.807, 2.05) is 0 Å². The molecule has 2 aliphatic heterocycles. The minimum absolute atomic E-state index is 0.129. The Hall–Kier alpha value is -3.55. The lowest BCUT2D eigenvalue weighted by atomic mass is 9.99. The summed E-state index contributed by atoms with van der Waals surface area (Å²) in [6, 6.07) is 7.35. The highest BCUT2D eigenvalue weighted by molar-refractivity contribution is 5.88. The van der Waals surface area contributed by atoms with Gasteiger partial charge in [0.05, 0.1) is 13.2 Å². The van der Waals surface area contributed by atoms with E-state index in [1.54, 1.807) is 0 Å². The monoisotopic (exact) mass is 610 g/mol. The Morgan fingerprint density at radius 3 is 1.77 bits per heavy atom. The first-order valence-electron chi connectivity index (χ1n) is 13.0. The van der Waals surface area contributed by atoms with Gasteiger partial charge in [-0.1, -0.05) is 0 Å². The fourth-order valence-corrected chi connectivity index (χ4v) is 4.82. The van der Waals surface area contributed by atoms with Gasteiger partial charge in [-0.05, 0) is 24.3 Å². The molecule has 43 heavy (non-hydrogen) atoms. The molecule has 10 N–H and O–H groups in total. The molecule has 3 heterocycles. The molecule has 16 heteroatoms. The van der Waals surface area contributed by atoms with Gasteiger partial charge < -0.3 is 74.4 Å². The lowest BCUT2D eigenvalue weighted by Crippen LogP contribution is -2.60. The Labute approximate surface area is 241 Å². The van der Waals surface area contributed by atoms with E-state index < -0.39 is 96.9 Å². The Morgan fingerprint density at radius 1 is 0.698 bits per heavy atom. The molecule has 16 nitrogen and oxygen atoms in total. The zero-order valence-electron chi connectivity index (χ0n) is 22.1. The first-order valence-corrected chi connectivity index (χ1v) is 13.0. The van der Waals surface area contributed by atoms with E-state index in [2.05, 4.69) is 0 Å². The number of aliphatic hydroxyl groups is 8. The van der Waals surface area contributed by atoms with Crippen molar-refractivity contribution >= 4 is 11.0 Å². The van der Waals surface area contributed by atoms with Crippen molar-refractivity contribution in [1.29, 1.82) is 0 Å². The molecule has 0 bridgehead atoms. The van der Waals surface area contributed by atoms with E-state index in [0.717, 1.165) is 12.1 Å². The van der Waals surface area contributed by atoms with Gasteiger partial charge in [0.15, 0.2) is 5.76 Å². The third kappa shape index (κ3) is 5.73. The molecule has 2 aliphatic rings. The largest absolute Gasteiger partial charge is 0.508 e. The highest BCUT2D eigenvalue weighted by Crippen LogP contribution is 2.38. The van der Waals surface area contributed by atoms with Crippen LogP contribution in [0.1, 0.15) is 0 Å². The summed E-state index contributed by atoms with van der Waals surface area (Å²) in [6.07, 6.45) is -16.6. The maximum absolute atomic E-state index is 13.7. The second-order valence-corrected chi connectivity index (χ2v) is 10.1. The fourth-order valence-electron chi connectivity index (χ4n) is 4.82. The van der Waals surface area contributed by atoms with Crippen LogP contribution in [0.2, 0.25) is 0 Å². The predicted molar refractivity (Wildman–Crippen MR) is 140 cm³/mol. The average Bonchev–Trinajstić information content (AvgIpc) is 2.98. The summed E-state index contributed by atoms with van der Waals surface area (Å²) in [6.45, 7) is -1.48. The third-order valence-corrected chi connectivity index (χ3v) is 7.22. The van der Waals surface area contributed by atoms with Crippen LogP contribution in [-0.4, -0.2) is 126 Å². The second kappa shape index (κ2) is 12.2. The van der Waals surface area contributed by atoms with Gasteiger partial charge in [-0.25, -0.2) is 0 Å². The SMILES string of the molecule is O=c1c(O[C@H]2O[C@H](CO)[C@@H](O)[C@H](O)[C@H]2O)c(-c2ccc(O)cc2)oc2cc(O[C@H]3O[C@H](CO)[C@@H](O)[C@H](O)[C@H]3O)cc(O)c12. The van der Waals surface area contributed by atoms with Gasteiger partial charge in [0, 0.05) is 17.7 Å². The van der Waals surface area contributed by atoms with Gasteiger partial charge in [-0.15, -0.1) is 0 Å². The van der Waals surface area contributed by atoms with Crippen molar-refractivity contribution in [2.24, 2.45) is 0 Å². The molecule has 0 saturated carbocycles. The normalized spacial score (nSPS) is 32.9. The summed E-state index contributed by atoms with van der Waals surface area (Å²) in [5.41, 5.74) is -1.11. The van der Waals surface area contributed by atoms with E-state index in [9.17, 15) is 55.9 Å². The highest BCUT2D eigenvalue weighted by atomic mass is 16.7. The summed E-state index contributed by atoms with van der Waals surface area (Å²) in [5, 5.41) is 100. The number of phenolic OH excluding ortho intramolecular Hbond substituents is 2. The van der Waals surface area contributed by atoms with Crippen molar-refractivity contribution in [2.75, 3.05) is 13.2 Å². The zero-order chi connectivity index (χ0) is 31.2. The maximum atomic E-state index is 13.7. The van der Waals surface area contributed by atoms with E-state index in [-0.39, 0.29) is 28.4 Å². The molecule has 0 unspecified atom stereocenters. The van der Waals surface area contributed by atoms with Crippen molar-refractivity contribution < 1.29 is 74.4 Å². The molecule has 234 valence electrons. The van der Waals surface area contributed by atoms with Crippen LogP contribution in [0.5, 0.6) is 23.0 Å². The second-order valence-electron chi connectivity index (χ2n) is 10.1. The standard InChI is InChI=1S/C27H30O16/c28-7-14-17(32)20(35)22(37)26(41-14)39-11-5-12(31)16-13(6-11)40-24(9-1-3-10(30)4-2-9)25(19(16)34)43-27-23(38)21(36)18(33)15(8-29)42-27/h1-6,14-15,17-18,20-23,26-33,35-38H,7-8H2/t14-,15-,17-,18-,20+,21+,22-,23-,26+,27-/m1/s1. The number of benzene rings is 2. The Balaban J connectivity index is 1.58. The van der Waals surface area contributed by atoms with Gasteiger partial charge in [-0.3, -0.25) is 4.79 Å². The number of fused-ring (bicyclic) bond motifs is 1. The van der Waals surface area contributed by atoms with Crippen molar-refractivity contribution in [3.8, 4) is 34.3 Å². The van der Waals surface area contributed by atoms with Crippen LogP contribution in [0.3, 0.4) is 0 Å². The maximum Gasteiger partial charge on any atom is 0.239 e. The molecule has 0 amide bonds. The molecule has 10 atom stereocenters. The number of hydrogen-bond donors (Lipinski definition) is 10. The van der Waals surface area contributed by atoms with Crippen LogP contribution >= 0.6 is 0 Å². The van der Waals surface area contributed by atoms with Gasteiger partial charge in [-0.2, -0.15) is 0 Å². The van der Waals surface area contributed by atoms with Crippen molar-refractivity contribution in [3.63, 3.8) is 0 Å². The summed E-state index contributed by atoms with van der Waals surface area (Å²) < 4.78 is 27.8. The van der Waals surface area contributed by atoms with Crippen molar-refractivity contribution in [3.05, 3.63) is 46.6 Å². The molecule has 1 aromatic heterocycles. The average molecular weight is 611 g/mol. The number of hydrogen-bond acceptors (Lipinski definition) is 16. The van der Waals surface area contributed by atoms with Crippen molar-refractivity contribution in [2.45, 2.75) is 61.4 Å². The number of ether oxygens (including phenoxy) is 4. The summed E-state index contributed by atoms with van der Waals surface area (Å²) >= 11 is 0. The van der Waals surface area contributed by atoms with Crippen molar-refractivity contribution in [1.82, 2.24) is 0 Å². The molecule has 0 spiro atoms. The molecule has 2 saturated heterocycles. The fraction of sp³-hybridized carbons (Fsp3) is 0.444. The Bertz CT molecular complexity index is 1490. The third-order valence-electron chi connectivity index (χ3n) is 7.22. The molecule has 0 radical (unpaired) electrons. The minimum atomic E-state index is -1.89. The van der Waals surface area contributed by atoms with Crippen LogP contribution < -0.4 is 14.9 Å². The molecule has 5 rings (SSSR count).